The van der Waals surface area contributed by atoms with E-state index in [1.807, 2.05) is 0 Å². The molecule has 110 valence electrons. The van der Waals surface area contributed by atoms with Gasteiger partial charge in [0.05, 0.1) is 5.56 Å². The van der Waals surface area contributed by atoms with Crippen LogP contribution in [0.4, 0.5) is 18.9 Å². The molecule has 0 aliphatic carbocycles. The zero-order valence-corrected chi connectivity index (χ0v) is 12.5. The van der Waals surface area contributed by atoms with E-state index in [0.717, 1.165) is 32.5 Å². The molecule has 2 aliphatic rings. The maximum atomic E-state index is 12.9. The van der Waals surface area contributed by atoms with E-state index >= 15 is 0 Å². The van der Waals surface area contributed by atoms with Crippen LogP contribution in [0.1, 0.15) is 18.4 Å². The van der Waals surface area contributed by atoms with Gasteiger partial charge in [-0.3, -0.25) is 0 Å². The Morgan fingerprint density at radius 3 is 2.70 bits per heavy atom. The number of piperidine rings is 1. The van der Waals surface area contributed by atoms with E-state index in [-0.39, 0.29) is 10.5 Å². The van der Waals surface area contributed by atoms with Crippen molar-refractivity contribution in [3.63, 3.8) is 0 Å². The van der Waals surface area contributed by atoms with Crippen molar-refractivity contribution in [2.75, 3.05) is 25.0 Å². The van der Waals surface area contributed by atoms with Crippen LogP contribution in [0.15, 0.2) is 22.7 Å². The SMILES string of the molecule is FC(F)(F)c1cc(NC2CCN3CCC2C3)ccc1Br. The minimum absolute atomic E-state index is 0.0891. The molecule has 0 amide bonds. The minimum Gasteiger partial charge on any atom is -0.382 e. The summed E-state index contributed by atoms with van der Waals surface area (Å²) in [7, 11) is 0. The standard InChI is InChI=1S/C14H16BrF3N2/c15-12-2-1-10(7-11(12)14(16,17)18)19-13-4-6-20-5-3-9(13)8-20/h1-2,7,9,13,19H,3-6,8H2. The van der Waals surface area contributed by atoms with E-state index in [0.29, 0.717) is 11.6 Å². The van der Waals surface area contributed by atoms with Crippen LogP contribution >= 0.6 is 15.9 Å². The van der Waals surface area contributed by atoms with E-state index in [1.165, 1.54) is 12.1 Å². The van der Waals surface area contributed by atoms with Gasteiger partial charge in [0.15, 0.2) is 0 Å². The highest BCUT2D eigenvalue weighted by atomic mass is 79.9. The van der Waals surface area contributed by atoms with Crippen LogP contribution in [0.3, 0.4) is 0 Å². The largest absolute Gasteiger partial charge is 0.417 e. The lowest BCUT2D eigenvalue weighted by molar-refractivity contribution is -0.138. The molecule has 0 saturated carbocycles. The Morgan fingerprint density at radius 2 is 1.95 bits per heavy atom. The summed E-state index contributed by atoms with van der Waals surface area (Å²) in [5, 5.41) is 3.30. The maximum absolute atomic E-state index is 12.9. The Kier molecular flexibility index (Phi) is 3.71. The first kappa shape index (κ1) is 14.2. The Balaban J connectivity index is 1.77. The van der Waals surface area contributed by atoms with E-state index < -0.39 is 11.7 Å². The number of hydrogen-bond acceptors (Lipinski definition) is 2. The molecule has 3 atom stereocenters. The highest BCUT2D eigenvalue weighted by Gasteiger charge is 2.35. The number of halogens is 4. The van der Waals surface area contributed by atoms with Crippen molar-refractivity contribution in [1.82, 2.24) is 4.90 Å². The molecule has 20 heavy (non-hydrogen) atoms. The van der Waals surface area contributed by atoms with E-state index in [4.69, 9.17) is 0 Å². The average Bonchev–Trinajstić information content (AvgIpc) is 2.77. The number of hydrogen-bond donors (Lipinski definition) is 1. The molecular weight excluding hydrogens is 333 g/mol. The summed E-state index contributed by atoms with van der Waals surface area (Å²) < 4.78 is 38.8. The van der Waals surface area contributed by atoms with Crippen LogP contribution in [-0.4, -0.2) is 30.6 Å². The van der Waals surface area contributed by atoms with Crippen LogP contribution in [0.5, 0.6) is 0 Å². The first-order chi connectivity index (χ1) is 9.43. The van der Waals surface area contributed by atoms with Crippen LogP contribution in [-0.2, 0) is 6.18 Å². The zero-order valence-electron chi connectivity index (χ0n) is 10.9. The number of alkyl halides is 3. The van der Waals surface area contributed by atoms with Crippen molar-refractivity contribution >= 4 is 21.6 Å². The van der Waals surface area contributed by atoms with Gasteiger partial charge in [-0.15, -0.1) is 0 Å². The number of anilines is 1. The number of benzene rings is 1. The zero-order chi connectivity index (χ0) is 14.3. The van der Waals surface area contributed by atoms with Gasteiger partial charge in [0.2, 0.25) is 0 Å². The molecule has 2 nitrogen and oxygen atoms in total. The molecule has 3 unspecified atom stereocenters. The Labute approximate surface area is 124 Å². The third kappa shape index (κ3) is 2.81. The fraction of sp³-hybridized carbons (Fsp3) is 0.571. The van der Waals surface area contributed by atoms with Crippen molar-refractivity contribution in [2.24, 2.45) is 5.92 Å². The minimum atomic E-state index is -4.33. The quantitative estimate of drug-likeness (QED) is 0.869. The Bertz CT molecular complexity index is 504. The first-order valence-corrected chi connectivity index (χ1v) is 7.58. The summed E-state index contributed by atoms with van der Waals surface area (Å²) in [6.07, 6.45) is -2.18. The summed E-state index contributed by atoms with van der Waals surface area (Å²) in [4.78, 5) is 2.42. The lowest BCUT2D eigenvalue weighted by atomic mass is 9.94. The number of rotatable bonds is 2. The lowest BCUT2D eigenvalue weighted by Gasteiger charge is -2.31. The molecule has 2 heterocycles. The van der Waals surface area contributed by atoms with Gasteiger partial charge in [-0.2, -0.15) is 13.2 Å². The number of fused-ring (bicyclic) bond motifs is 2. The molecule has 2 saturated heterocycles. The van der Waals surface area contributed by atoms with Crippen molar-refractivity contribution in [3.05, 3.63) is 28.2 Å². The maximum Gasteiger partial charge on any atom is 0.417 e. The molecule has 2 fully saturated rings. The highest BCUT2D eigenvalue weighted by Crippen LogP contribution is 2.37. The van der Waals surface area contributed by atoms with E-state index in [1.54, 1.807) is 6.07 Å². The van der Waals surface area contributed by atoms with Crippen LogP contribution in [0.25, 0.3) is 0 Å². The molecule has 0 aromatic heterocycles. The van der Waals surface area contributed by atoms with Crippen molar-refractivity contribution in [3.8, 4) is 0 Å². The molecule has 2 aliphatic heterocycles. The third-order valence-electron chi connectivity index (χ3n) is 4.26. The third-order valence-corrected chi connectivity index (χ3v) is 4.95. The first-order valence-electron chi connectivity index (χ1n) is 6.79. The average molecular weight is 349 g/mol. The molecular formula is C14H16BrF3N2. The van der Waals surface area contributed by atoms with Gasteiger partial charge >= 0.3 is 6.18 Å². The summed E-state index contributed by atoms with van der Waals surface area (Å²) in [5.74, 6) is 0.557. The van der Waals surface area contributed by atoms with Crippen molar-refractivity contribution in [1.29, 1.82) is 0 Å². The molecule has 1 aromatic rings. The molecule has 6 heteroatoms. The van der Waals surface area contributed by atoms with E-state index in [9.17, 15) is 13.2 Å². The van der Waals surface area contributed by atoms with Gasteiger partial charge in [0, 0.05) is 29.3 Å². The van der Waals surface area contributed by atoms with Gasteiger partial charge in [0.1, 0.15) is 0 Å². The Hall–Kier alpha value is -0.750. The molecule has 1 N–H and O–H groups in total. The normalized spacial score (nSPS) is 29.5. The van der Waals surface area contributed by atoms with Gasteiger partial charge in [-0.05, 0) is 43.5 Å². The van der Waals surface area contributed by atoms with Gasteiger partial charge in [0.25, 0.3) is 0 Å². The molecule has 0 radical (unpaired) electrons. The van der Waals surface area contributed by atoms with Crippen LogP contribution in [0, 0.1) is 5.92 Å². The fourth-order valence-electron chi connectivity index (χ4n) is 3.19. The predicted octanol–water partition coefficient (Wildman–Crippen LogP) is 3.97. The monoisotopic (exact) mass is 348 g/mol. The summed E-state index contributed by atoms with van der Waals surface area (Å²) in [5.41, 5.74) is -0.0581. The molecule has 0 spiro atoms. The lowest BCUT2D eigenvalue weighted by Crippen LogP contribution is -2.39. The molecule has 3 rings (SSSR count). The predicted molar refractivity (Wildman–Crippen MR) is 75.7 cm³/mol. The van der Waals surface area contributed by atoms with Crippen molar-refractivity contribution < 1.29 is 13.2 Å². The molecule has 2 bridgehead atoms. The fourth-order valence-corrected chi connectivity index (χ4v) is 3.66. The number of nitrogens with zero attached hydrogens (tertiary/aromatic N) is 1. The van der Waals surface area contributed by atoms with Crippen LogP contribution < -0.4 is 5.32 Å². The second-order valence-electron chi connectivity index (χ2n) is 5.58. The summed E-state index contributed by atoms with van der Waals surface area (Å²) in [6.45, 7) is 3.23. The summed E-state index contributed by atoms with van der Waals surface area (Å²) >= 11 is 2.97. The summed E-state index contributed by atoms with van der Waals surface area (Å²) in [6, 6.07) is 4.66. The topological polar surface area (TPSA) is 15.3 Å². The smallest absolute Gasteiger partial charge is 0.382 e. The van der Waals surface area contributed by atoms with Crippen molar-refractivity contribution in [2.45, 2.75) is 25.1 Å². The molecule has 1 aromatic carbocycles. The number of nitrogens with one attached hydrogen (secondary N) is 1. The second-order valence-corrected chi connectivity index (χ2v) is 6.44. The van der Waals surface area contributed by atoms with Gasteiger partial charge in [-0.25, -0.2) is 0 Å². The highest BCUT2D eigenvalue weighted by molar-refractivity contribution is 9.10. The van der Waals surface area contributed by atoms with Crippen LogP contribution in [0.2, 0.25) is 0 Å². The Morgan fingerprint density at radius 1 is 1.20 bits per heavy atom. The van der Waals surface area contributed by atoms with Gasteiger partial charge in [-0.1, -0.05) is 15.9 Å². The van der Waals surface area contributed by atoms with Gasteiger partial charge < -0.3 is 10.2 Å². The van der Waals surface area contributed by atoms with E-state index in [2.05, 4.69) is 26.1 Å². The second kappa shape index (κ2) is 5.22.